The van der Waals surface area contributed by atoms with Crippen LogP contribution in [0.15, 0.2) is 36.8 Å². The Balaban J connectivity index is 1.92. The lowest BCUT2D eigenvalue weighted by atomic mass is 10.2. The van der Waals surface area contributed by atoms with Crippen LogP contribution in [-0.2, 0) is 10.8 Å². The largest absolute Gasteiger partial charge is 0.498 e. The van der Waals surface area contributed by atoms with E-state index in [9.17, 15) is 8.78 Å². The van der Waals surface area contributed by atoms with E-state index < -0.39 is 21.2 Å². The molecule has 2 nitrogen and oxygen atoms in total. The van der Waals surface area contributed by atoms with Gasteiger partial charge in [0.05, 0.1) is 18.6 Å². The van der Waals surface area contributed by atoms with Crippen molar-refractivity contribution in [2.24, 2.45) is 0 Å². The molecule has 0 amide bonds. The molecular formula is C17H22F2O2Si. The maximum absolute atomic E-state index is 14.0. The monoisotopic (exact) mass is 324 g/mol. The van der Waals surface area contributed by atoms with Crippen LogP contribution in [0.1, 0.15) is 31.7 Å². The summed E-state index contributed by atoms with van der Waals surface area (Å²) in [6.45, 7) is 6.19. The van der Waals surface area contributed by atoms with Gasteiger partial charge in [-0.15, -0.1) is 0 Å². The number of halogens is 2. The third kappa shape index (κ3) is 4.19. The van der Waals surface area contributed by atoms with Gasteiger partial charge in [0.2, 0.25) is 5.82 Å². The summed E-state index contributed by atoms with van der Waals surface area (Å²) in [5, 5.41) is 0. The molecule has 1 aliphatic heterocycles. The van der Waals surface area contributed by atoms with Gasteiger partial charge in [0, 0.05) is 15.9 Å². The lowest BCUT2D eigenvalue weighted by molar-refractivity contribution is 0.183. The Morgan fingerprint density at radius 3 is 2.86 bits per heavy atom. The predicted molar refractivity (Wildman–Crippen MR) is 86.7 cm³/mol. The Labute approximate surface area is 132 Å². The van der Waals surface area contributed by atoms with E-state index in [4.69, 9.17) is 9.47 Å². The maximum Gasteiger partial charge on any atom is 0.201 e. The average Bonchev–Trinajstić information content (AvgIpc) is 2.53. The molecule has 0 saturated carbocycles. The molecule has 1 aliphatic rings. The molecule has 22 heavy (non-hydrogen) atoms. The summed E-state index contributed by atoms with van der Waals surface area (Å²) in [7, 11) is -0.568. The Morgan fingerprint density at radius 1 is 1.41 bits per heavy atom. The smallest absolute Gasteiger partial charge is 0.201 e. The third-order valence-electron chi connectivity index (χ3n) is 3.84. The molecule has 0 bridgehead atoms. The summed E-state index contributed by atoms with van der Waals surface area (Å²) >= 11 is 0. The molecule has 0 fully saturated rings. The summed E-state index contributed by atoms with van der Waals surface area (Å²) in [6.07, 6.45) is 6.31. The Hall–Kier alpha value is -1.62. The maximum atomic E-state index is 14.0. The Bertz CT molecular complexity index is 558. The van der Waals surface area contributed by atoms with Gasteiger partial charge in [-0.2, -0.15) is 4.39 Å². The molecule has 5 heteroatoms. The van der Waals surface area contributed by atoms with Crippen LogP contribution in [0.25, 0.3) is 0 Å². The van der Waals surface area contributed by atoms with Crippen LogP contribution in [-0.4, -0.2) is 16.1 Å². The minimum absolute atomic E-state index is 0.119. The molecule has 1 unspecified atom stereocenters. The van der Waals surface area contributed by atoms with E-state index in [0.717, 1.165) is 37.9 Å². The van der Waals surface area contributed by atoms with Gasteiger partial charge in [0.1, 0.15) is 0 Å². The molecule has 1 atom stereocenters. The normalized spacial score (nSPS) is 18.1. The fourth-order valence-corrected chi connectivity index (χ4v) is 4.37. The molecule has 2 rings (SSSR count). The summed E-state index contributed by atoms with van der Waals surface area (Å²) in [5.41, 5.74) is 0.927. The van der Waals surface area contributed by atoms with Crippen LogP contribution in [0.4, 0.5) is 8.78 Å². The summed E-state index contributed by atoms with van der Waals surface area (Å²) in [5.74, 6) is -0.774. The quantitative estimate of drug-likeness (QED) is 0.556. The molecule has 1 aromatic carbocycles. The molecule has 0 radical (unpaired) electrons. The van der Waals surface area contributed by atoms with Gasteiger partial charge in [-0.05, 0) is 42.1 Å². The van der Waals surface area contributed by atoms with Crippen LogP contribution >= 0.6 is 0 Å². The second-order valence-corrected chi connectivity index (χ2v) is 7.74. The van der Waals surface area contributed by atoms with Gasteiger partial charge in [-0.1, -0.05) is 19.6 Å². The van der Waals surface area contributed by atoms with Crippen molar-refractivity contribution in [3.05, 3.63) is 54.0 Å². The van der Waals surface area contributed by atoms with E-state index in [0.29, 0.717) is 17.1 Å². The van der Waals surface area contributed by atoms with Crippen molar-refractivity contribution >= 4 is 9.52 Å². The highest BCUT2D eigenvalue weighted by molar-refractivity contribution is 6.37. The van der Waals surface area contributed by atoms with Crippen LogP contribution in [0.2, 0.25) is 5.54 Å². The second-order valence-electron chi connectivity index (χ2n) is 5.51. The van der Waals surface area contributed by atoms with Gasteiger partial charge in [-0.25, -0.2) is 4.39 Å². The van der Waals surface area contributed by atoms with Crippen LogP contribution < -0.4 is 4.74 Å². The first-order valence-corrected chi connectivity index (χ1v) is 9.53. The summed E-state index contributed by atoms with van der Waals surface area (Å²) in [4.78, 5) is 0. The first-order chi connectivity index (χ1) is 10.7. The first kappa shape index (κ1) is 16.7. The highest BCUT2D eigenvalue weighted by atomic mass is 28.2. The fraction of sp³-hybridized carbons (Fsp3) is 0.412. The standard InChI is InChI=1S/C17H22F2O2Si/c1-3-5-13-7-8-14(10-21-13)22-11-12-6-9-15(20-4-2)17(19)16(12)18/h4,6-7,9,14H,2-3,5,8,10-11,22H2,1H3. The van der Waals surface area contributed by atoms with Crippen molar-refractivity contribution in [1.82, 2.24) is 0 Å². The van der Waals surface area contributed by atoms with E-state index in [-0.39, 0.29) is 5.75 Å². The fourth-order valence-electron chi connectivity index (χ4n) is 2.58. The van der Waals surface area contributed by atoms with Crippen molar-refractivity contribution < 1.29 is 18.3 Å². The number of benzene rings is 1. The van der Waals surface area contributed by atoms with E-state index in [1.807, 2.05) is 0 Å². The van der Waals surface area contributed by atoms with Gasteiger partial charge in [-0.3, -0.25) is 0 Å². The van der Waals surface area contributed by atoms with Crippen LogP contribution in [0.5, 0.6) is 5.75 Å². The van der Waals surface area contributed by atoms with Gasteiger partial charge in [0.15, 0.2) is 11.6 Å². The second kappa shape index (κ2) is 8.13. The van der Waals surface area contributed by atoms with Crippen molar-refractivity contribution in [1.29, 1.82) is 0 Å². The molecule has 1 heterocycles. The molecular weight excluding hydrogens is 302 g/mol. The lowest BCUT2D eigenvalue weighted by Gasteiger charge is -2.22. The Morgan fingerprint density at radius 2 is 2.23 bits per heavy atom. The number of hydrogen-bond donors (Lipinski definition) is 0. The summed E-state index contributed by atoms with van der Waals surface area (Å²) < 4.78 is 38.3. The number of ether oxygens (including phenoxy) is 2. The van der Waals surface area contributed by atoms with Gasteiger partial charge in [0.25, 0.3) is 0 Å². The zero-order valence-corrected chi connectivity index (χ0v) is 14.3. The number of rotatable bonds is 7. The molecule has 0 saturated heterocycles. The van der Waals surface area contributed by atoms with E-state index in [2.05, 4.69) is 19.6 Å². The Kier molecular flexibility index (Phi) is 6.18. The topological polar surface area (TPSA) is 18.5 Å². The highest BCUT2D eigenvalue weighted by Gasteiger charge is 2.18. The van der Waals surface area contributed by atoms with Crippen LogP contribution in [0, 0.1) is 11.6 Å². The minimum Gasteiger partial charge on any atom is -0.498 e. The molecule has 120 valence electrons. The zero-order chi connectivity index (χ0) is 15.9. The number of allylic oxidation sites excluding steroid dienone is 2. The van der Waals surface area contributed by atoms with Crippen molar-refractivity contribution in [2.45, 2.75) is 37.8 Å². The van der Waals surface area contributed by atoms with E-state index in [1.54, 1.807) is 6.07 Å². The number of hydrogen-bond acceptors (Lipinski definition) is 2. The van der Waals surface area contributed by atoms with Gasteiger partial charge < -0.3 is 9.47 Å². The van der Waals surface area contributed by atoms with E-state index in [1.165, 1.54) is 6.07 Å². The molecule has 0 aromatic heterocycles. The average molecular weight is 324 g/mol. The molecule has 0 N–H and O–H groups in total. The molecule has 0 spiro atoms. The lowest BCUT2D eigenvalue weighted by Crippen LogP contribution is -2.17. The molecule has 0 aliphatic carbocycles. The zero-order valence-electron chi connectivity index (χ0n) is 12.9. The SMILES string of the molecule is C=COc1ccc(C[SiH2]C2CC=C(CCC)OC2)c(F)c1F. The first-order valence-electron chi connectivity index (χ1n) is 7.72. The highest BCUT2D eigenvalue weighted by Crippen LogP contribution is 2.26. The molecule has 1 aromatic rings. The van der Waals surface area contributed by atoms with Gasteiger partial charge >= 0.3 is 0 Å². The predicted octanol–water partition coefficient (Wildman–Crippen LogP) is 4.05. The van der Waals surface area contributed by atoms with Crippen LogP contribution in [0.3, 0.4) is 0 Å². The van der Waals surface area contributed by atoms with Crippen molar-refractivity contribution in [2.75, 3.05) is 6.61 Å². The third-order valence-corrected chi connectivity index (χ3v) is 6.05. The summed E-state index contributed by atoms with van der Waals surface area (Å²) in [6, 6.07) is 3.69. The minimum atomic E-state index is -0.934. The van der Waals surface area contributed by atoms with Crippen molar-refractivity contribution in [3.63, 3.8) is 0 Å². The van der Waals surface area contributed by atoms with E-state index >= 15 is 0 Å². The van der Waals surface area contributed by atoms with Crippen molar-refractivity contribution in [3.8, 4) is 5.75 Å².